The quantitative estimate of drug-likeness (QED) is 0.872. The van der Waals surface area contributed by atoms with Crippen molar-refractivity contribution in [3.63, 3.8) is 0 Å². The van der Waals surface area contributed by atoms with Crippen LogP contribution in [-0.4, -0.2) is 38.8 Å². The van der Waals surface area contributed by atoms with Gasteiger partial charge in [-0.2, -0.15) is 0 Å². The Labute approximate surface area is 123 Å². The zero-order chi connectivity index (χ0) is 14.5. The monoisotopic (exact) mass is 298 g/mol. The van der Waals surface area contributed by atoms with Gasteiger partial charge >= 0.3 is 0 Å². The lowest BCUT2D eigenvalue weighted by atomic mass is 10.0. The van der Waals surface area contributed by atoms with Gasteiger partial charge in [0, 0.05) is 11.1 Å². The van der Waals surface area contributed by atoms with Crippen molar-refractivity contribution in [1.82, 2.24) is 5.32 Å². The van der Waals surface area contributed by atoms with Crippen LogP contribution in [-0.2, 0) is 9.53 Å². The Morgan fingerprint density at radius 2 is 2.30 bits per heavy atom. The van der Waals surface area contributed by atoms with Crippen LogP contribution in [0.15, 0.2) is 18.2 Å². The first kappa shape index (κ1) is 15.1. The molecule has 1 aliphatic heterocycles. The highest BCUT2D eigenvalue weighted by Crippen LogP contribution is 2.29. The number of hydrogen-bond acceptors (Lipinski definition) is 4. The Kier molecular flexibility index (Phi) is 5.23. The molecule has 2 unspecified atom stereocenters. The normalized spacial score (nSPS) is 21.8. The van der Waals surface area contributed by atoms with Gasteiger partial charge in [0.05, 0.1) is 31.4 Å². The molecule has 1 aromatic rings. The summed E-state index contributed by atoms with van der Waals surface area (Å²) in [4.78, 5) is 12.3. The van der Waals surface area contributed by atoms with E-state index < -0.39 is 0 Å². The molecule has 20 heavy (non-hydrogen) atoms. The molecule has 1 amide bonds. The molecule has 1 heterocycles. The van der Waals surface area contributed by atoms with Crippen LogP contribution in [0.4, 0.5) is 5.69 Å². The molecule has 0 saturated carbocycles. The molecule has 5 nitrogen and oxygen atoms in total. The van der Waals surface area contributed by atoms with Gasteiger partial charge in [0.1, 0.15) is 5.75 Å². The molecule has 0 radical (unpaired) electrons. The Bertz CT molecular complexity index is 481. The number of anilines is 1. The highest BCUT2D eigenvalue weighted by atomic mass is 35.5. The van der Waals surface area contributed by atoms with E-state index >= 15 is 0 Å². The molecule has 1 aromatic carbocycles. The van der Waals surface area contributed by atoms with Crippen molar-refractivity contribution in [1.29, 1.82) is 0 Å². The molecule has 2 atom stereocenters. The molecule has 0 bridgehead atoms. The second-order valence-electron chi connectivity index (χ2n) is 4.60. The summed E-state index contributed by atoms with van der Waals surface area (Å²) in [7, 11) is 1.82. The average molecular weight is 299 g/mol. The van der Waals surface area contributed by atoms with Crippen LogP contribution in [0.5, 0.6) is 5.75 Å². The van der Waals surface area contributed by atoms with E-state index in [1.807, 2.05) is 14.0 Å². The number of halogens is 1. The van der Waals surface area contributed by atoms with E-state index in [0.717, 1.165) is 0 Å². The van der Waals surface area contributed by atoms with E-state index in [1.54, 1.807) is 18.2 Å². The van der Waals surface area contributed by atoms with Crippen LogP contribution in [0, 0.1) is 5.92 Å². The van der Waals surface area contributed by atoms with E-state index in [2.05, 4.69) is 10.6 Å². The number of ether oxygens (including phenoxy) is 2. The fraction of sp³-hybridized carbons (Fsp3) is 0.500. The number of rotatable bonds is 5. The molecule has 0 aromatic heterocycles. The van der Waals surface area contributed by atoms with Crippen molar-refractivity contribution < 1.29 is 14.3 Å². The second kappa shape index (κ2) is 6.92. The lowest BCUT2D eigenvalue weighted by Gasteiger charge is -2.18. The van der Waals surface area contributed by atoms with Crippen LogP contribution in [0.1, 0.15) is 6.92 Å². The molecule has 0 aliphatic carbocycles. The Balaban J connectivity index is 2.12. The maximum absolute atomic E-state index is 12.3. The minimum Gasteiger partial charge on any atom is -0.492 e. The van der Waals surface area contributed by atoms with Crippen molar-refractivity contribution >= 4 is 23.2 Å². The summed E-state index contributed by atoms with van der Waals surface area (Å²) < 4.78 is 10.8. The van der Waals surface area contributed by atoms with Crippen LogP contribution in [0.2, 0.25) is 5.02 Å². The molecule has 110 valence electrons. The molecule has 2 N–H and O–H groups in total. The number of likely N-dealkylation sites (N-methyl/N-ethyl adjacent to an activating group) is 1. The number of carbonyl (C=O) groups is 1. The first-order valence-electron chi connectivity index (χ1n) is 6.64. The van der Waals surface area contributed by atoms with Gasteiger partial charge in [0.25, 0.3) is 0 Å². The number of nitrogens with one attached hydrogen (secondary N) is 2. The fourth-order valence-corrected chi connectivity index (χ4v) is 2.38. The minimum absolute atomic E-state index is 0.0322. The molecular formula is C14H19ClN2O3. The summed E-state index contributed by atoms with van der Waals surface area (Å²) >= 11 is 5.97. The molecule has 6 heteroatoms. The van der Waals surface area contributed by atoms with Crippen molar-refractivity contribution in [2.75, 3.05) is 32.2 Å². The summed E-state index contributed by atoms with van der Waals surface area (Å²) in [5.41, 5.74) is 0.589. The van der Waals surface area contributed by atoms with Crippen LogP contribution >= 0.6 is 11.6 Å². The van der Waals surface area contributed by atoms with E-state index in [-0.39, 0.29) is 17.9 Å². The summed E-state index contributed by atoms with van der Waals surface area (Å²) in [6, 6.07) is 5.21. The van der Waals surface area contributed by atoms with Gasteiger partial charge in [-0.3, -0.25) is 4.79 Å². The Morgan fingerprint density at radius 3 is 3.00 bits per heavy atom. The third-order valence-electron chi connectivity index (χ3n) is 3.29. The van der Waals surface area contributed by atoms with Gasteiger partial charge < -0.3 is 20.1 Å². The van der Waals surface area contributed by atoms with Gasteiger partial charge in [-0.15, -0.1) is 0 Å². The summed E-state index contributed by atoms with van der Waals surface area (Å²) in [6.07, 6.45) is 0. The third kappa shape index (κ3) is 3.42. The largest absolute Gasteiger partial charge is 0.492 e. The molecule has 1 fully saturated rings. The van der Waals surface area contributed by atoms with Crippen molar-refractivity contribution in [2.45, 2.75) is 13.0 Å². The van der Waals surface area contributed by atoms with Crippen LogP contribution in [0.3, 0.4) is 0 Å². The van der Waals surface area contributed by atoms with Gasteiger partial charge in [0.15, 0.2) is 0 Å². The number of hydrogen-bond donors (Lipinski definition) is 2. The zero-order valence-corrected chi connectivity index (χ0v) is 12.4. The maximum atomic E-state index is 12.3. The average Bonchev–Trinajstić information content (AvgIpc) is 2.90. The first-order chi connectivity index (χ1) is 9.65. The SMILES string of the molecule is CCOc1ccc(Cl)cc1NC(=O)C1COCC1NC. The summed E-state index contributed by atoms with van der Waals surface area (Å²) in [5.74, 6) is 0.309. The van der Waals surface area contributed by atoms with Crippen LogP contribution < -0.4 is 15.4 Å². The Morgan fingerprint density at radius 1 is 1.50 bits per heavy atom. The van der Waals surface area contributed by atoms with E-state index in [9.17, 15) is 4.79 Å². The summed E-state index contributed by atoms with van der Waals surface area (Å²) in [5, 5.41) is 6.52. The van der Waals surface area contributed by atoms with Gasteiger partial charge in [-0.05, 0) is 32.2 Å². The van der Waals surface area contributed by atoms with E-state index in [4.69, 9.17) is 21.1 Å². The maximum Gasteiger partial charge on any atom is 0.231 e. The molecule has 0 spiro atoms. The van der Waals surface area contributed by atoms with Crippen molar-refractivity contribution in [3.8, 4) is 5.75 Å². The minimum atomic E-state index is -0.214. The smallest absolute Gasteiger partial charge is 0.231 e. The second-order valence-corrected chi connectivity index (χ2v) is 5.04. The predicted octanol–water partition coefficient (Wildman–Crippen LogP) is 1.91. The zero-order valence-electron chi connectivity index (χ0n) is 11.6. The number of benzene rings is 1. The van der Waals surface area contributed by atoms with Gasteiger partial charge in [0.2, 0.25) is 5.91 Å². The highest BCUT2D eigenvalue weighted by molar-refractivity contribution is 6.31. The first-order valence-corrected chi connectivity index (χ1v) is 7.01. The molecular weight excluding hydrogens is 280 g/mol. The summed E-state index contributed by atoms with van der Waals surface area (Å²) in [6.45, 7) is 3.38. The number of amides is 1. The number of carbonyl (C=O) groups excluding carboxylic acids is 1. The van der Waals surface area contributed by atoms with Crippen LogP contribution in [0.25, 0.3) is 0 Å². The fourth-order valence-electron chi connectivity index (χ4n) is 2.20. The lowest BCUT2D eigenvalue weighted by Crippen LogP contribution is -2.39. The molecule has 1 saturated heterocycles. The molecule has 2 rings (SSSR count). The topological polar surface area (TPSA) is 59.6 Å². The third-order valence-corrected chi connectivity index (χ3v) is 3.52. The molecule has 1 aliphatic rings. The van der Waals surface area contributed by atoms with E-state index in [0.29, 0.717) is 36.3 Å². The standard InChI is InChI=1S/C14H19ClN2O3/c1-3-20-13-5-4-9(15)6-11(13)17-14(18)10-7-19-8-12(10)16-2/h4-6,10,12,16H,3,7-8H2,1-2H3,(H,17,18). The van der Waals surface area contributed by atoms with Crippen molar-refractivity contribution in [3.05, 3.63) is 23.2 Å². The lowest BCUT2D eigenvalue weighted by molar-refractivity contribution is -0.120. The van der Waals surface area contributed by atoms with Gasteiger partial charge in [-0.1, -0.05) is 11.6 Å². The highest BCUT2D eigenvalue weighted by Gasteiger charge is 2.33. The van der Waals surface area contributed by atoms with E-state index in [1.165, 1.54) is 0 Å². The van der Waals surface area contributed by atoms with Gasteiger partial charge in [-0.25, -0.2) is 0 Å². The predicted molar refractivity (Wildman–Crippen MR) is 78.4 cm³/mol. The van der Waals surface area contributed by atoms with Crippen molar-refractivity contribution in [2.24, 2.45) is 5.92 Å². The Hall–Kier alpha value is -1.30.